The molecule has 0 rings (SSSR count). The fourth-order valence-electron chi connectivity index (χ4n) is 1.26. The third-order valence-electron chi connectivity index (χ3n) is 2.54. The molecule has 82 valence electrons. The Morgan fingerprint density at radius 2 is 1.93 bits per heavy atom. The summed E-state index contributed by atoms with van der Waals surface area (Å²) in [6.07, 6.45) is 3.82. The Morgan fingerprint density at radius 1 is 1.29 bits per heavy atom. The molecule has 0 aromatic heterocycles. The van der Waals surface area contributed by atoms with E-state index >= 15 is 0 Å². The van der Waals surface area contributed by atoms with E-state index in [9.17, 15) is 9.70 Å². The molecule has 0 amide bonds. The number of aliphatic carboxylic acids is 1. The molecule has 4 heteroatoms. The minimum Gasteiger partial charge on any atom is -0.481 e. The first-order valence-electron chi connectivity index (χ1n) is 5.12. The second-order valence-electron chi connectivity index (χ2n) is 3.82. The van der Waals surface area contributed by atoms with Crippen LogP contribution in [-0.4, -0.2) is 17.1 Å². The molecule has 0 spiro atoms. The van der Waals surface area contributed by atoms with Crippen molar-refractivity contribution in [3.63, 3.8) is 0 Å². The molecule has 0 aromatic rings. The van der Waals surface area contributed by atoms with E-state index in [2.05, 4.69) is 5.18 Å². The van der Waals surface area contributed by atoms with Gasteiger partial charge in [-0.05, 0) is 25.7 Å². The van der Waals surface area contributed by atoms with E-state index in [1.54, 1.807) is 0 Å². The zero-order valence-electron chi connectivity index (χ0n) is 8.90. The van der Waals surface area contributed by atoms with Gasteiger partial charge in [-0.1, -0.05) is 24.9 Å². The zero-order valence-corrected chi connectivity index (χ0v) is 8.90. The van der Waals surface area contributed by atoms with Gasteiger partial charge in [0.05, 0.1) is 6.04 Å². The lowest BCUT2D eigenvalue weighted by molar-refractivity contribution is -0.137. The van der Waals surface area contributed by atoms with Gasteiger partial charge in [-0.2, -0.15) is 4.91 Å². The highest BCUT2D eigenvalue weighted by atomic mass is 16.4. The van der Waals surface area contributed by atoms with Gasteiger partial charge in [0.2, 0.25) is 0 Å². The Morgan fingerprint density at radius 3 is 2.43 bits per heavy atom. The van der Waals surface area contributed by atoms with Gasteiger partial charge < -0.3 is 5.11 Å². The largest absolute Gasteiger partial charge is 0.481 e. The average Bonchev–Trinajstić information content (AvgIpc) is 2.15. The first-order chi connectivity index (χ1) is 6.57. The maximum absolute atomic E-state index is 10.2. The molecular weight excluding hydrogens is 182 g/mol. The third kappa shape index (κ3) is 6.57. The van der Waals surface area contributed by atoms with Crippen LogP contribution in [0.25, 0.3) is 0 Å². The van der Waals surface area contributed by atoms with Crippen LogP contribution < -0.4 is 0 Å². The molecule has 0 saturated heterocycles. The summed E-state index contributed by atoms with van der Waals surface area (Å²) in [5.41, 5.74) is 0. The molecule has 0 aliphatic carbocycles. The summed E-state index contributed by atoms with van der Waals surface area (Å²) in [7, 11) is 0. The molecule has 0 bridgehead atoms. The number of nitroso groups, excluding NO2 is 1. The number of carboxylic acids is 1. The maximum atomic E-state index is 10.2. The Balaban J connectivity index is 3.35. The van der Waals surface area contributed by atoms with E-state index in [0.717, 1.165) is 25.7 Å². The number of hydrogen-bond acceptors (Lipinski definition) is 3. The number of unbranched alkanes of at least 4 members (excludes halogenated alkanes) is 2. The first kappa shape index (κ1) is 13.1. The number of carboxylic acid groups (broad SMARTS) is 1. The van der Waals surface area contributed by atoms with Gasteiger partial charge in [0.25, 0.3) is 0 Å². The van der Waals surface area contributed by atoms with Crippen molar-refractivity contribution >= 4 is 5.97 Å². The molecule has 0 aromatic carbocycles. The average molecular weight is 201 g/mol. The van der Waals surface area contributed by atoms with Crippen molar-refractivity contribution in [1.82, 2.24) is 0 Å². The summed E-state index contributed by atoms with van der Waals surface area (Å²) in [6.45, 7) is 3.82. The van der Waals surface area contributed by atoms with E-state index in [1.165, 1.54) is 0 Å². The molecule has 0 heterocycles. The van der Waals surface area contributed by atoms with Crippen molar-refractivity contribution in [2.24, 2.45) is 11.1 Å². The molecule has 1 N–H and O–H groups in total. The van der Waals surface area contributed by atoms with Gasteiger partial charge in [0.1, 0.15) is 0 Å². The van der Waals surface area contributed by atoms with Crippen LogP contribution in [0.1, 0.15) is 46.0 Å². The second-order valence-corrected chi connectivity index (χ2v) is 3.82. The highest BCUT2D eigenvalue weighted by molar-refractivity contribution is 5.66. The topological polar surface area (TPSA) is 66.7 Å². The Kier molecular flexibility index (Phi) is 6.98. The predicted octanol–water partition coefficient (Wildman–Crippen LogP) is 2.81. The zero-order chi connectivity index (χ0) is 11.0. The fourth-order valence-corrected chi connectivity index (χ4v) is 1.26. The van der Waals surface area contributed by atoms with Crippen LogP contribution in [0.15, 0.2) is 5.18 Å². The van der Waals surface area contributed by atoms with Crippen LogP contribution in [0.5, 0.6) is 0 Å². The molecule has 0 aliphatic rings. The highest BCUT2D eigenvalue weighted by Crippen LogP contribution is 2.15. The number of rotatable bonds is 8. The van der Waals surface area contributed by atoms with Gasteiger partial charge in [-0.3, -0.25) is 4.79 Å². The van der Waals surface area contributed by atoms with Gasteiger partial charge in [0, 0.05) is 6.42 Å². The summed E-state index contributed by atoms with van der Waals surface area (Å²) in [6, 6.07) is -0.130. The van der Waals surface area contributed by atoms with Crippen molar-refractivity contribution in [2.45, 2.75) is 52.0 Å². The summed E-state index contributed by atoms with van der Waals surface area (Å²) >= 11 is 0. The SMILES string of the molecule is CC(N=O)[C@H](C)CCCCCC(=O)O. The number of carbonyl (C=O) groups is 1. The van der Waals surface area contributed by atoms with Crippen LogP contribution in [-0.2, 0) is 4.79 Å². The van der Waals surface area contributed by atoms with Crippen LogP contribution >= 0.6 is 0 Å². The minimum atomic E-state index is -0.735. The third-order valence-corrected chi connectivity index (χ3v) is 2.54. The molecule has 0 fully saturated rings. The summed E-state index contributed by atoms with van der Waals surface area (Å²) in [4.78, 5) is 20.4. The number of nitrogens with zero attached hydrogens (tertiary/aromatic N) is 1. The van der Waals surface area contributed by atoms with E-state index < -0.39 is 5.97 Å². The van der Waals surface area contributed by atoms with Gasteiger partial charge in [-0.15, -0.1) is 0 Å². The fraction of sp³-hybridized carbons (Fsp3) is 0.900. The van der Waals surface area contributed by atoms with Crippen molar-refractivity contribution in [2.75, 3.05) is 0 Å². The van der Waals surface area contributed by atoms with Crippen LogP contribution in [0.2, 0.25) is 0 Å². The lowest BCUT2D eigenvalue weighted by atomic mass is 9.97. The van der Waals surface area contributed by atoms with E-state index in [0.29, 0.717) is 5.92 Å². The molecule has 0 radical (unpaired) electrons. The van der Waals surface area contributed by atoms with Gasteiger partial charge in [-0.25, -0.2) is 0 Å². The van der Waals surface area contributed by atoms with E-state index in [4.69, 9.17) is 5.11 Å². The predicted molar refractivity (Wildman–Crippen MR) is 55.1 cm³/mol. The summed E-state index contributed by atoms with van der Waals surface area (Å²) in [5, 5.41) is 11.4. The molecular formula is C10H19NO3. The Labute approximate surface area is 84.7 Å². The lowest BCUT2D eigenvalue weighted by Crippen LogP contribution is -2.10. The standard InChI is InChI=1S/C10H19NO3/c1-8(9(2)11-14)6-4-3-5-7-10(12)13/h8-9H,3-7H2,1-2H3,(H,12,13)/t8-,9?/m1/s1. The molecule has 4 nitrogen and oxygen atoms in total. The normalized spacial score (nSPS) is 14.7. The lowest BCUT2D eigenvalue weighted by Gasteiger charge is -2.12. The molecule has 1 unspecified atom stereocenters. The first-order valence-corrected chi connectivity index (χ1v) is 5.12. The van der Waals surface area contributed by atoms with E-state index in [-0.39, 0.29) is 12.5 Å². The summed E-state index contributed by atoms with van der Waals surface area (Å²) in [5.74, 6) is -0.432. The van der Waals surface area contributed by atoms with Crippen LogP contribution in [0.4, 0.5) is 0 Å². The van der Waals surface area contributed by atoms with Crippen LogP contribution in [0.3, 0.4) is 0 Å². The quantitative estimate of drug-likeness (QED) is 0.485. The highest BCUT2D eigenvalue weighted by Gasteiger charge is 2.11. The van der Waals surface area contributed by atoms with Crippen LogP contribution in [0, 0.1) is 10.8 Å². The Bertz CT molecular complexity index is 182. The van der Waals surface area contributed by atoms with Crippen molar-refractivity contribution in [3.05, 3.63) is 4.91 Å². The molecule has 2 atom stereocenters. The van der Waals surface area contributed by atoms with E-state index in [1.807, 2.05) is 13.8 Å². The monoisotopic (exact) mass is 201 g/mol. The number of hydrogen-bond donors (Lipinski definition) is 1. The van der Waals surface area contributed by atoms with Crippen molar-refractivity contribution in [3.8, 4) is 0 Å². The van der Waals surface area contributed by atoms with Gasteiger partial charge >= 0.3 is 5.97 Å². The van der Waals surface area contributed by atoms with Gasteiger partial charge in [0.15, 0.2) is 0 Å². The maximum Gasteiger partial charge on any atom is 0.303 e. The van der Waals surface area contributed by atoms with Crippen molar-refractivity contribution < 1.29 is 9.90 Å². The summed E-state index contributed by atoms with van der Waals surface area (Å²) < 4.78 is 0. The Hall–Kier alpha value is -0.930. The molecule has 0 saturated carbocycles. The van der Waals surface area contributed by atoms with Crippen molar-refractivity contribution in [1.29, 1.82) is 0 Å². The second kappa shape index (κ2) is 7.47. The smallest absolute Gasteiger partial charge is 0.303 e. The molecule has 14 heavy (non-hydrogen) atoms. The molecule has 0 aliphatic heterocycles. The minimum absolute atomic E-state index is 0.130.